The predicted molar refractivity (Wildman–Crippen MR) is 119 cm³/mol. The Labute approximate surface area is 185 Å². The number of aliphatic hydroxyl groups is 1. The minimum absolute atomic E-state index is 0.0474. The van der Waals surface area contributed by atoms with Gasteiger partial charge in [0.25, 0.3) is 11.7 Å². The van der Waals surface area contributed by atoms with Gasteiger partial charge in [-0.2, -0.15) is 0 Å². The number of nitrogens with zero attached hydrogens (tertiary/aromatic N) is 1. The fourth-order valence-electron chi connectivity index (χ4n) is 3.77. The summed E-state index contributed by atoms with van der Waals surface area (Å²) in [5.41, 5.74) is 0.805. The standard InChI is InChI=1S/C25H23NO6/c1-4-31-19-7-5-6-16(14-19)23(27)21-22(20-13-8-15(2)32-20)26(25(29)24(21)28)17-9-11-18(30-3)12-10-17/h5-14,22,27H,4H2,1-3H3/b23-21-. The van der Waals surface area contributed by atoms with Crippen molar-refractivity contribution in [3.05, 3.63) is 83.3 Å². The number of ketones is 1. The molecule has 1 aliphatic heterocycles. The van der Waals surface area contributed by atoms with Gasteiger partial charge < -0.3 is 19.0 Å². The number of hydrogen-bond donors (Lipinski definition) is 1. The highest BCUT2D eigenvalue weighted by Gasteiger charge is 2.48. The largest absolute Gasteiger partial charge is 0.507 e. The highest BCUT2D eigenvalue weighted by molar-refractivity contribution is 6.51. The third-order valence-corrected chi connectivity index (χ3v) is 5.24. The van der Waals surface area contributed by atoms with Crippen molar-refractivity contribution in [2.24, 2.45) is 0 Å². The Kier molecular flexibility index (Phi) is 5.73. The number of aryl methyl sites for hydroxylation is 1. The summed E-state index contributed by atoms with van der Waals surface area (Å²) in [6, 6.07) is 16.0. The van der Waals surface area contributed by atoms with Crippen LogP contribution >= 0.6 is 0 Å². The van der Waals surface area contributed by atoms with Crippen molar-refractivity contribution in [2.45, 2.75) is 19.9 Å². The van der Waals surface area contributed by atoms with Crippen molar-refractivity contribution in [1.82, 2.24) is 0 Å². The van der Waals surface area contributed by atoms with Gasteiger partial charge in [-0.15, -0.1) is 0 Å². The minimum Gasteiger partial charge on any atom is -0.507 e. The number of Topliss-reactive ketones (excluding diaryl/α,β-unsaturated/α-hetero) is 1. The van der Waals surface area contributed by atoms with Gasteiger partial charge in [-0.1, -0.05) is 12.1 Å². The molecular weight excluding hydrogens is 410 g/mol. The molecule has 2 heterocycles. The van der Waals surface area contributed by atoms with Crippen molar-refractivity contribution in [3.63, 3.8) is 0 Å². The molecule has 1 unspecified atom stereocenters. The van der Waals surface area contributed by atoms with E-state index in [9.17, 15) is 14.7 Å². The van der Waals surface area contributed by atoms with Crippen molar-refractivity contribution in [1.29, 1.82) is 0 Å². The molecule has 3 aromatic rings. The van der Waals surface area contributed by atoms with Gasteiger partial charge in [-0.05, 0) is 62.4 Å². The van der Waals surface area contributed by atoms with Crippen LogP contribution in [0.3, 0.4) is 0 Å². The third kappa shape index (κ3) is 3.73. The molecule has 1 N–H and O–H groups in total. The van der Waals surface area contributed by atoms with Crippen LogP contribution in [-0.2, 0) is 9.59 Å². The lowest BCUT2D eigenvalue weighted by molar-refractivity contribution is -0.132. The Morgan fingerprint density at radius 2 is 1.81 bits per heavy atom. The first-order chi connectivity index (χ1) is 15.4. The van der Waals surface area contributed by atoms with Crippen LogP contribution in [0.2, 0.25) is 0 Å². The molecule has 1 amide bonds. The molecule has 0 saturated carbocycles. The molecule has 0 bridgehead atoms. The second kappa shape index (κ2) is 8.63. The molecule has 1 atom stereocenters. The smallest absolute Gasteiger partial charge is 0.300 e. The zero-order chi connectivity index (χ0) is 22.8. The number of carbonyl (C=O) groups is 2. The summed E-state index contributed by atoms with van der Waals surface area (Å²) >= 11 is 0. The fourth-order valence-corrected chi connectivity index (χ4v) is 3.77. The second-order valence-electron chi connectivity index (χ2n) is 7.28. The van der Waals surface area contributed by atoms with Crippen molar-refractivity contribution >= 4 is 23.1 Å². The van der Waals surface area contributed by atoms with Gasteiger partial charge in [0.2, 0.25) is 0 Å². The van der Waals surface area contributed by atoms with Gasteiger partial charge in [0.1, 0.15) is 34.8 Å². The predicted octanol–water partition coefficient (Wildman–Crippen LogP) is 4.62. The maximum atomic E-state index is 13.1. The Morgan fingerprint density at radius 3 is 2.44 bits per heavy atom. The van der Waals surface area contributed by atoms with Crippen molar-refractivity contribution in [3.8, 4) is 11.5 Å². The molecule has 1 aliphatic rings. The van der Waals surface area contributed by atoms with Crippen LogP contribution in [0.25, 0.3) is 5.76 Å². The van der Waals surface area contributed by atoms with E-state index in [1.807, 2.05) is 6.92 Å². The maximum Gasteiger partial charge on any atom is 0.300 e. The first-order valence-corrected chi connectivity index (χ1v) is 10.2. The lowest BCUT2D eigenvalue weighted by Crippen LogP contribution is -2.29. The van der Waals surface area contributed by atoms with Gasteiger partial charge >= 0.3 is 0 Å². The number of hydrogen-bond acceptors (Lipinski definition) is 6. The number of carbonyl (C=O) groups excluding carboxylic acids is 2. The van der Waals surface area contributed by atoms with E-state index in [-0.39, 0.29) is 11.3 Å². The van der Waals surface area contributed by atoms with E-state index >= 15 is 0 Å². The van der Waals surface area contributed by atoms with E-state index in [0.29, 0.717) is 40.9 Å². The second-order valence-corrected chi connectivity index (χ2v) is 7.28. The topological polar surface area (TPSA) is 89.2 Å². The number of ether oxygens (including phenoxy) is 2. The molecule has 1 fully saturated rings. The first kappa shape index (κ1) is 21.2. The van der Waals surface area contributed by atoms with Gasteiger partial charge in [0, 0.05) is 11.3 Å². The number of rotatable bonds is 6. The SMILES string of the molecule is CCOc1cccc(/C(O)=C2/C(=O)C(=O)N(c3ccc(OC)cc3)C2c2ccc(C)o2)c1. The van der Waals surface area contributed by atoms with Crippen LogP contribution in [-0.4, -0.2) is 30.5 Å². The van der Waals surface area contributed by atoms with Crippen molar-refractivity contribution in [2.75, 3.05) is 18.6 Å². The summed E-state index contributed by atoms with van der Waals surface area (Å²) < 4.78 is 16.5. The maximum absolute atomic E-state index is 13.1. The Hall–Kier alpha value is -4.00. The van der Waals surface area contributed by atoms with E-state index < -0.39 is 17.7 Å². The van der Waals surface area contributed by atoms with E-state index in [1.165, 1.54) is 4.90 Å². The van der Waals surface area contributed by atoms with E-state index in [1.54, 1.807) is 74.7 Å². The average molecular weight is 433 g/mol. The fraction of sp³-hybridized carbons (Fsp3) is 0.200. The Morgan fingerprint density at radius 1 is 1.06 bits per heavy atom. The first-order valence-electron chi connectivity index (χ1n) is 10.2. The lowest BCUT2D eigenvalue weighted by Gasteiger charge is -2.23. The quantitative estimate of drug-likeness (QED) is 0.347. The number of benzene rings is 2. The molecule has 7 heteroatoms. The van der Waals surface area contributed by atoms with Gasteiger partial charge in [-0.25, -0.2) is 0 Å². The Balaban J connectivity index is 1.88. The van der Waals surface area contributed by atoms with E-state index in [0.717, 1.165) is 0 Å². The van der Waals surface area contributed by atoms with Crippen molar-refractivity contribution < 1.29 is 28.6 Å². The summed E-state index contributed by atoms with van der Waals surface area (Å²) in [5, 5.41) is 11.1. The molecule has 0 radical (unpaired) electrons. The third-order valence-electron chi connectivity index (χ3n) is 5.24. The lowest BCUT2D eigenvalue weighted by atomic mass is 9.99. The van der Waals surface area contributed by atoms with Crippen LogP contribution in [0.1, 0.15) is 30.0 Å². The van der Waals surface area contributed by atoms with Crippen LogP contribution < -0.4 is 14.4 Å². The summed E-state index contributed by atoms with van der Waals surface area (Å²) in [5.74, 6) is 0.323. The summed E-state index contributed by atoms with van der Waals surface area (Å²) in [6.07, 6.45) is 0. The molecule has 32 heavy (non-hydrogen) atoms. The van der Waals surface area contributed by atoms with Crippen LogP contribution in [0.5, 0.6) is 11.5 Å². The molecular formula is C25H23NO6. The molecule has 1 aromatic heterocycles. The monoisotopic (exact) mass is 433 g/mol. The number of aliphatic hydroxyl groups excluding tert-OH is 1. The number of methoxy groups -OCH3 is 1. The van der Waals surface area contributed by atoms with Crippen LogP contribution in [0, 0.1) is 6.92 Å². The number of anilines is 1. The molecule has 7 nitrogen and oxygen atoms in total. The minimum atomic E-state index is -0.923. The summed E-state index contributed by atoms with van der Waals surface area (Å²) in [7, 11) is 1.54. The normalized spacial score (nSPS) is 17.6. The van der Waals surface area contributed by atoms with Crippen LogP contribution in [0.15, 0.2) is 70.7 Å². The molecule has 0 aliphatic carbocycles. The molecule has 1 saturated heterocycles. The Bertz CT molecular complexity index is 1190. The molecule has 0 spiro atoms. The van der Waals surface area contributed by atoms with Gasteiger partial charge in [0.05, 0.1) is 19.3 Å². The number of amides is 1. The molecule has 164 valence electrons. The summed E-state index contributed by atoms with van der Waals surface area (Å²) in [4.78, 5) is 27.6. The highest BCUT2D eigenvalue weighted by Crippen LogP contribution is 2.43. The average Bonchev–Trinajstić information content (AvgIpc) is 3.34. The summed E-state index contributed by atoms with van der Waals surface area (Å²) in [6.45, 7) is 4.08. The number of furan rings is 1. The van der Waals surface area contributed by atoms with Gasteiger partial charge in [-0.3, -0.25) is 14.5 Å². The van der Waals surface area contributed by atoms with Crippen LogP contribution in [0.4, 0.5) is 5.69 Å². The molecule has 2 aromatic carbocycles. The van der Waals surface area contributed by atoms with Gasteiger partial charge in [0.15, 0.2) is 0 Å². The highest BCUT2D eigenvalue weighted by atomic mass is 16.5. The van der Waals surface area contributed by atoms with E-state index in [4.69, 9.17) is 13.9 Å². The van der Waals surface area contributed by atoms with E-state index in [2.05, 4.69) is 0 Å². The zero-order valence-corrected chi connectivity index (χ0v) is 18.0. The molecule has 4 rings (SSSR count). The zero-order valence-electron chi connectivity index (χ0n) is 18.0.